The molecule has 1 spiro atoms. The summed E-state index contributed by atoms with van der Waals surface area (Å²) >= 11 is 0. The maximum Gasteiger partial charge on any atom is 0.253 e. The first-order chi connectivity index (χ1) is 15.5. The predicted molar refractivity (Wildman–Crippen MR) is 125 cm³/mol. The Labute approximate surface area is 195 Å². The molecule has 1 atom stereocenters. The Morgan fingerprint density at radius 2 is 1.91 bits per heavy atom. The minimum atomic E-state index is -1.30. The van der Waals surface area contributed by atoms with Gasteiger partial charge in [-0.3, -0.25) is 4.79 Å². The van der Waals surface area contributed by atoms with Gasteiger partial charge in [-0.2, -0.15) is 0 Å². The number of ether oxygens (including phenoxy) is 2. The summed E-state index contributed by atoms with van der Waals surface area (Å²) in [6.07, 6.45) is 2.18. The molecule has 2 aromatic carbocycles. The molecule has 2 aromatic rings. The summed E-state index contributed by atoms with van der Waals surface area (Å²) in [5.74, 6) is 0.0992. The van der Waals surface area contributed by atoms with E-state index in [1.54, 1.807) is 11.0 Å². The number of benzene rings is 2. The Kier molecular flexibility index (Phi) is 6.27. The monoisotopic (exact) mass is 455 g/mol. The number of carbonyl (C=O) groups excluding carboxylic acids is 1. The van der Waals surface area contributed by atoms with Crippen LogP contribution >= 0.6 is 0 Å². The third-order valence-electron chi connectivity index (χ3n) is 6.67. The van der Waals surface area contributed by atoms with Crippen LogP contribution < -0.4 is 4.74 Å². The topological polar surface area (TPSA) is 59.0 Å². The number of fused-ring (bicyclic) bond motifs is 1. The Hall–Kier alpha value is -2.44. The Balaban J connectivity index is 1.50. The van der Waals surface area contributed by atoms with Crippen molar-refractivity contribution in [3.8, 4) is 5.75 Å². The third-order valence-corrected chi connectivity index (χ3v) is 6.67. The zero-order valence-corrected chi connectivity index (χ0v) is 20.2. The molecule has 2 aliphatic heterocycles. The molecule has 4 rings (SSSR count). The number of aryl methyl sites for hydroxylation is 1. The maximum atomic E-state index is 14.5. The molecular formula is C27H34FNO4. The number of nitrogens with zero attached hydrogens (tertiary/aromatic N) is 1. The molecule has 33 heavy (non-hydrogen) atoms. The Morgan fingerprint density at radius 3 is 2.52 bits per heavy atom. The first-order valence-electron chi connectivity index (χ1n) is 11.7. The van der Waals surface area contributed by atoms with Gasteiger partial charge in [-0.05, 0) is 58.4 Å². The third kappa shape index (κ3) is 4.92. The smallest absolute Gasteiger partial charge is 0.253 e. The van der Waals surface area contributed by atoms with Crippen LogP contribution in [0.4, 0.5) is 4.39 Å². The molecule has 0 saturated carbocycles. The van der Waals surface area contributed by atoms with Gasteiger partial charge in [0.05, 0.1) is 17.8 Å². The molecule has 6 heteroatoms. The first kappa shape index (κ1) is 23.7. The molecule has 0 aromatic heterocycles. The maximum absolute atomic E-state index is 14.5. The predicted octanol–water partition coefficient (Wildman–Crippen LogP) is 5.29. The number of halogens is 1. The van der Waals surface area contributed by atoms with Gasteiger partial charge in [0.25, 0.3) is 5.91 Å². The summed E-state index contributed by atoms with van der Waals surface area (Å²) in [5.41, 5.74) is 1.01. The quantitative estimate of drug-likeness (QED) is 0.681. The van der Waals surface area contributed by atoms with Gasteiger partial charge in [-0.1, -0.05) is 18.2 Å². The molecule has 0 aliphatic carbocycles. The molecule has 1 fully saturated rings. The average Bonchev–Trinajstić information content (AvgIpc) is 2.72. The number of hydrogen-bond donors (Lipinski definition) is 1. The van der Waals surface area contributed by atoms with Gasteiger partial charge in [0.1, 0.15) is 17.2 Å². The van der Waals surface area contributed by atoms with E-state index in [0.29, 0.717) is 31.5 Å². The number of carbonyl (C=O) groups is 1. The van der Waals surface area contributed by atoms with Crippen molar-refractivity contribution >= 4 is 5.91 Å². The molecule has 1 unspecified atom stereocenters. The molecule has 1 N–H and O–H groups in total. The number of rotatable bonds is 4. The van der Waals surface area contributed by atoms with Crippen LogP contribution in [0.5, 0.6) is 5.75 Å². The molecular weight excluding hydrogens is 421 g/mol. The SMILES string of the molecule is Cc1ccc2c(c1)OC1(CCN(C(=O)c3ccc(C(C)(C)O)c(F)c3)CC1)CC2OC(C)C. The highest BCUT2D eigenvalue weighted by Gasteiger charge is 2.44. The van der Waals surface area contributed by atoms with E-state index in [0.717, 1.165) is 23.3 Å². The second kappa shape index (κ2) is 8.73. The van der Waals surface area contributed by atoms with Gasteiger partial charge < -0.3 is 19.5 Å². The van der Waals surface area contributed by atoms with Crippen LogP contribution in [0.2, 0.25) is 0 Å². The van der Waals surface area contributed by atoms with Crippen LogP contribution in [0.3, 0.4) is 0 Å². The fourth-order valence-corrected chi connectivity index (χ4v) is 4.92. The molecule has 0 radical (unpaired) electrons. The summed E-state index contributed by atoms with van der Waals surface area (Å²) in [6.45, 7) is 10.2. The van der Waals surface area contributed by atoms with Gasteiger partial charge in [-0.25, -0.2) is 4.39 Å². The number of aliphatic hydroxyl groups is 1. The van der Waals surface area contributed by atoms with Crippen LogP contribution in [0.25, 0.3) is 0 Å². The Morgan fingerprint density at radius 1 is 1.21 bits per heavy atom. The highest BCUT2D eigenvalue weighted by atomic mass is 19.1. The van der Waals surface area contributed by atoms with Crippen LogP contribution in [-0.2, 0) is 10.3 Å². The summed E-state index contributed by atoms with van der Waals surface area (Å²) in [4.78, 5) is 14.8. The lowest BCUT2D eigenvalue weighted by atomic mass is 9.81. The van der Waals surface area contributed by atoms with Gasteiger partial charge in [0.2, 0.25) is 0 Å². The van der Waals surface area contributed by atoms with Crippen molar-refractivity contribution in [3.05, 3.63) is 64.5 Å². The van der Waals surface area contributed by atoms with Crippen molar-refractivity contribution in [1.29, 1.82) is 0 Å². The summed E-state index contributed by atoms with van der Waals surface area (Å²) in [6, 6.07) is 10.5. The standard InChI is InChI=1S/C27H34FNO4/c1-17(2)32-24-16-27(33-23-14-18(3)6-8-20(23)24)10-12-29(13-11-27)25(30)19-7-9-21(22(28)15-19)26(4,5)31/h6-9,14-15,17,24,31H,10-13,16H2,1-5H3. The van der Waals surface area contributed by atoms with Gasteiger partial charge in [0, 0.05) is 49.0 Å². The fraction of sp³-hybridized carbons (Fsp3) is 0.519. The van der Waals surface area contributed by atoms with Crippen molar-refractivity contribution in [3.63, 3.8) is 0 Å². The van der Waals surface area contributed by atoms with Crippen LogP contribution in [0.1, 0.15) is 80.1 Å². The van der Waals surface area contributed by atoms with E-state index in [1.165, 1.54) is 26.0 Å². The fourth-order valence-electron chi connectivity index (χ4n) is 4.92. The molecule has 2 heterocycles. The van der Waals surface area contributed by atoms with E-state index in [2.05, 4.69) is 18.2 Å². The molecule has 5 nitrogen and oxygen atoms in total. The lowest BCUT2D eigenvalue weighted by Gasteiger charge is -2.47. The van der Waals surface area contributed by atoms with Gasteiger partial charge in [-0.15, -0.1) is 0 Å². The lowest BCUT2D eigenvalue weighted by Crippen LogP contribution is -2.52. The zero-order valence-electron chi connectivity index (χ0n) is 20.2. The average molecular weight is 456 g/mol. The van der Waals surface area contributed by atoms with E-state index in [9.17, 15) is 14.3 Å². The van der Waals surface area contributed by atoms with Crippen molar-refractivity contribution in [2.24, 2.45) is 0 Å². The minimum absolute atomic E-state index is 0.0416. The van der Waals surface area contributed by atoms with E-state index in [4.69, 9.17) is 9.47 Å². The summed E-state index contributed by atoms with van der Waals surface area (Å²) in [5, 5.41) is 10.1. The molecule has 2 aliphatic rings. The van der Waals surface area contributed by atoms with Crippen LogP contribution in [0, 0.1) is 12.7 Å². The van der Waals surface area contributed by atoms with Crippen molar-refractivity contribution in [1.82, 2.24) is 4.90 Å². The largest absolute Gasteiger partial charge is 0.487 e. The van der Waals surface area contributed by atoms with E-state index in [-0.39, 0.29) is 29.3 Å². The molecule has 1 saturated heterocycles. The van der Waals surface area contributed by atoms with Crippen LogP contribution in [0.15, 0.2) is 36.4 Å². The lowest BCUT2D eigenvalue weighted by molar-refractivity contribution is -0.0872. The molecule has 1 amide bonds. The summed E-state index contributed by atoms with van der Waals surface area (Å²) < 4.78 is 27.3. The normalized spacial score (nSPS) is 20.0. The minimum Gasteiger partial charge on any atom is -0.487 e. The first-order valence-corrected chi connectivity index (χ1v) is 11.7. The van der Waals surface area contributed by atoms with Crippen molar-refractivity contribution in [2.45, 2.75) is 77.3 Å². The second-order valence-corrected chi connectivity index (χ2v) is 10.2. The van der Waals surface area contributed by atoms with E-state index < -0.39 is 11.4 Å². The highest BCUT2D eigenvalue weighted by Crippen LogP contribution is 2.46. The molecule has 178 valence electrons. The summed E-state index contributed by atoms with van der Waals surface area (Å²) in [7, 11) is 0. The second-order valence-electron chi connectivity index (χ2n) is 10.2. The van der Waals surface area contributed by atoms with E-state index in [1.807, 2.05) is 20.8 Å². The van der Waals surface area contributed by atoms with Gasteiger partial charge >= 0.3 is 0 Å². The van der Waals surface area contributed by atoms with Gasteiger partial charge in [0.15, 0.2) is 0 Å². The highest BCUT2D eigenvalue weighted by molar-refractivity contribution is 5.94. The van der Waals surface area contributed by atoms with E-state index >= 15 is 0 Å². The number of piperidine rings is 1. The van der Waals surface area contributed by atoms with Crippen LogP contribution in [-0.4, -0.2) is 40.7 Å². The van der Waals surface area contributed by atoms with Crippen molar-refractivity contribution in [2.75, 3.05) is 13.1 Å². The van der Waals surface area contributed by atoms with Crippen molar-refractivity contribution < 1.29 is 23.8 Å². The zero-order chi connectivity index (χ0) is 24.0. The number of hydrogen-bond acceptors (Lipinski definition) is 4. The number of amides is 1. The number of likely N-dealkylation sites (tertiary alicyclic amines) is 1. The Bertz CT molecular complexity index is 1030. The molecule has 0 bridgehead atoms.